The maximum absolute atomic E-state index is 2.66. The summed E-state index contributed by atoms with van der Waals surface area (Å²) in [5, 5.41) is 0. The molecule has 0 spiro atoms. The number of nitrogens with zero attached hydrogens (tertiary/aromatic N) is 2. The van der Waals surface area contributed by atoms with Crippen LogP contribution in [-0.4, -0.2) is 12.1 Å². The van der Waals surface area contributed by atoms with Crippen LogP contribution in [0.2, 0.25) is 0 Å². The Morgan fingerprint density at radius 1 is 0.500 bits per heavy atom. The second-order valence-corrected chi connectivity index (χ2v) is 14.6. The van der Waals surface area contributed by atoms with Gasteiger partial charge in [0.2, 0.25) is 0 Å². The lowest BCUT2D eigenvalue weighted by Crippen LogP contribution is -2.45. The van der Waals surface area contributed by atoms with Crippen molar-refractivity contribution in [2.24, 2.45) is 17.8 Å². The summed E-state index contributed by atoms with van der Waals surface area (Å²) in [6, 6.07) is 62.3. The molecule has 1 aliphatic heterocycles. The molecule has 6 aromatic carbocycles. The highest BCUT2D eigenvalue weighted by Crippen LogP contribution is 2.54. The average Bonchev–Trinajstić information content (AvgIpc) is 3.53. The quantitative estimate of drug-likeness (QED) is 0.156. The molecule has 5 unspecified atom stereocenters. The van der Waals surface area contributed by atoms with Gasteiger partial charge in [-0.3, -0.25) is 0 Å². The van der Waals surface area contributed by atoms with Crippen LogP contribution < -0.4 is 9.80 Å². The van der Waals surface area contributed by atoms with Gasteiger partial charge in [-0.1, -0.05) is 159 Å². The summed E-state index contributed by atoms with van der Waals surface area (Å²) in [5.74, 6) is 1.06. The van der Waals surface area contributed by atoms with Gasteiger partial charge in [0.15, 0.2) is 0 Å². The van der Waals surface area contributed by atoms with Gasteiger partial charge in [-0.05, 0) is 99.7 Å². The van der Waals surface area contributed by atoms with Crippen molar-refractivity contribution in [3.63, 3.8) is 0 Å². The second-order valence-electron chi connectivity index (χ2n) is 14.6. The van der Waals surface area contributed by atoms with E-state index in [-0.39, 0.29) is 6.04 Å². The highest BCUT2D eigenvalue weighted by molar-refractivity contribution is 5.78. The number of para-hydroxylation sites is 3. The molecule has 6 aromatic rings. The van der Waals surface area contributed by atoms with Crippen LogP contribution in [0.25, 0.3) is 27.8 Å². The summed E-state index contributed by atoms with van der Waals surface area (Å²) in [5.41, 5.74) is 14.5. The Labute approximate surface area is 308 Å². The molecule has 1 fully saturated rings. The first-order chi connectivity index (χ1) is 25.6. The summed E-state index contributed by atoms with van der Waals surface area (Å²) in [6.07, 6.45) is 8.50. The first kappa shape index (κ1) is 32.1. The first-order valence-corrected chi connectivity index (χ1v) is 18.8. The topological polar surface area (TPSA) is 6.48 Å². The molecule has 0 radical (unpaired) electrons. The summed E-state index contributed by atoms with van der Waals surface area (Å²) >= 11 is 0. The minimum atomic E-state index is 0.284. The van der Waals surface area contributed by atoms with Crippen molar-refractivity contribution in [3.05, 3.63) is 205 Å². The van der Waals surface area contributed by atoms with Crippen LogP contribution in [0.1, 0.15) is 25.8 Å². The summed E-state index contributed by atoms with van der Waals surface area (Å²) in [4.78, 5) is 5.25. The number of fused-ring (bicyclic) bond motifs is 3. The molecule has 2 aliphatic carbocycles. The minimum Gasteiger partial charge on any atom is -0.338 e. The van der Waals surface area contributed by atoms with Crippen LogP contribution in [0.4, 0.5) is 17.1 Å². The van der Waals surface area contributed by atoms with E-state index in [0.29, 0.717) is 23.8 Å². The molecular weight excluding hydrogens is 629 g/mol. The maximum Gasteiger partial charge on any atom is 0.0575 e. The third-order valence-electron chi connectivity index (χ3n) is 11.6. The first-order valence-electron chi connectivity index (χ1n) is 18.8. The third kappa shape index (κ3) is 5.79. The van der Waals surface area contributed by atoms with Crippen LogP contribution >= 0.6 is 0 Å². The van der Waals surface area contributed by atoms with Crippen LogP contribution in [0, 0.1) is 17.8 Å². The van der Waals surface area contributed by atoms with Crippen molar-refractivity contribution in [3.8, 4) is 22.3 Å². The predicted octanol–water partition coefficient (Wildman–Crippen LogP) is 12.6. The van der Waals surface area contributed by atoms with Gasteiger partial charge in [-0.2, -0.15) is 0 Å². The monoisotopic (exact) mass is 672 g/mol. The standard InChI is InChI=1S/C50H44N2/c1-35-33-46-49(34-48(35)51(42-17-9-4-10-18-42)43-19-11-5-12-20-43)52(44-21-13-6-14-22-44)47-32-31-45(36(2)50(46)47)41-29-27-40(28-30-41)39-25-23-38(24-26-39)37-15-7-3-8-16-37/h3-33,35-36,48-50H,34H2,1-2H3. The fourth-order valence-electron chi connectivity index (χ4n) is 9.07. The summed E-state index contributed by atoms with van der Waals surface area (Å²) in [6.45, 7) is 4.87. The van der Waals surface area contributed by atoms with Gasteiger partial charge in [0, 0.05) is 34.7 Å². The SMILES string of the molecule is CC1C=C2C3C(=CC=C(c4ccc(-c5ccc(-c6ccccc6)cc5)cc4)C3C)N(c3ccccc3)C2CC1N(c1ccccc1)c1ccccc1. The molecule has 0 bridgehead atoms. The molecule has 1 heterocycles. The smallest absolute Gasteiger partial charge is 0.0575 e. The summed E-state index contributed by atoms with van der Waals surface area (Å²) in [7, 11) is 0. The molecule has 0 N–H and O–H groups in total. The lowest BCUT2D eigenvalue weighted by atomic mass is 9.72. The molecule has 254 valence electrons. The van der Waals surface area contributed by atoms with Crippen LogP contribution in [0.15, 0.2) is 199 Å². The molecular formula is C50H44N2. The molecule has 0 amide bonds. The van der Waals surface area contributed by atoms with Gasteiger partial charge in [0.25, 0.3) is 0 Å². The highest BCUT2D eigenvalue weighted by Gasteiger charge is 2.49. The number of anilines is 3. The van der Waals surface area contributed by atoms with Crippen molar-refractivity contribution < 1.29 is 0 Å². The number of hydrogen-bond acceptors (Lipinski definition) is 2. The maximum atomic E-state index is 2.66. The molecule has 2 heteroatoms. The number of rotatable bonds is 7. The third-order valence-corrected chi connectivity index (χ3v) is 11.6. The number of allylic oxidation sites excluding steroid dienone is 4. The highest BCUT2D eigenvalue weighted by atomic mass is 15.2. The lowest BCUT2D eigenvalue weighted by molar-refractivity contribution is 0.431. The van der Waals surface area contributed by atoms with Crippen molar-refractivity contribution in [1.29, 1.82) is 0 Å². The van der Waals surface area contributed by atoms with Crippen molar-refractivity contribution in [2.75, 3.05) is 9.80 Å². The second kappa shape index (κ2) is 13.7. The van der Waals surface area contributed by atoms with Crippen LogP contribution in [-0.2, 0) is 0 Å². The zero-order valence-electron chi connectivity index (χ0n) is 29.9. The van der Waals surface area contributed by atoms with E-state index in [1.807, 2.05) is 0 Å². The lowest BCUT2D eigenvalue weighted by Gasteiger charge is -2.43. The Kier molecular flexibility index (Phi) is 8.45. The summed E-state index contributed by atoms with van der Waals surface area (Å²) < 4.78 is 0. The molecule has 0 aromatic heterocycles. The zero-order chi connectivity index (χ0) is 35.0. The Balaban J connectivity index is 1.05. The van der Waals surface area contributed by atoms with Gasteiger partial charge in [0.1, 0.15) is 0 Å². The van der Waals surface area contributed by atoms with E-state index in [1.165, 1.54) is 56.1 Å². The van der Waals surface area contributed by atoms with Gasteiger partial charge < -0.3 is 9.80 Å². The molecule has 9 rings (SSSR count). The molecule has 3 aliphatic rings. The van der Waals surface area contributed by atoms with E-state index in [2.05, 4.69) is 212 Å². The van der Waals surface area contributed by atoms with Crippen molar-refractivity contribution in [1.82, 2.24) is 0 Å². The van der Waals surface area contributed by atoms with Gasteiger partial charge in [-0.15, -0.1) is 0 Å². The van der Waals surface area contributed by atoms with Gasteiger partial charge >= 0.3 is 0 Å². The Morgan fingerprint density at radius 3 is 1.50 bits per heavy atom. The van der Waals surface area contributed by atoms with Crippen LogP contribution in [0.3, 0.4) is 0 Å². The molecule has 52 heavy (non-hydrogen) atoms. The fourth-order valence-corrected chi connectivity index (χ4v) is 9.07. The van der Waals surface area contributed by atoms with E-state index < -0.39 is 0 Å². The Hall–Kier alpha value is -5.86. The molecule has 2 nitrogen and oxygen atoms in total. The number of benzene rings is 6. The van der Waals surface area contributed by atoms with E-state index in [9.17, 15) is 0 Å². The number of hydrogen-bond donors (Lipinski definition) is 0. The van der Waals surface area contributed by atoms with Gasteiger partial charge in [-0.25, -0.2) is 0 Å². The largest absolute Gasteiger partial charge is 0.338 e. The predicted molar refractivity (Wildman–Crippen MR) is 219 cm³/mol. The van der Waals surface area contributed by atoms with Crippen molar-refractivity contribution in [2.45, 2.75) is 32.4 Å². The van der Waals surface area contributed by atoms with E-state index in [1.54, 1.807) is 5.57 Å². The van der Waals surface area contributed by atoms with E-state index in [4.69, 9.17) is 0 Å². The fraction of sp³-hybridized carbons (Fsp3) is 0.160. The zero-order valence-corrected chi connectivity index (χ0v) is 29.9. The van der Waals surface area contributed by atoms with E-state index >= 15 is 0 Å². The minimum absolute atomic E-state index is 0.284. The van der Waals surface area contributed by atoms with Crippen molar-refractivity contribution >= 4 is 22.6 Å². The average molecular weight is 673 g/mol. The van der Waals surface area contributed by atoms with Crippen LogP contribution in [0.5, 0.6) is 0 Å². The normalized spacial score (nSPS) is 22.1. The Morgan fingerprint density at radius 2 is 0.962 bits per heavy atom. The van der Waals surface area contributed by atoms with E-state index in [0.717, 1.165) is 6.42 Å². The molecule has 0 saturated carbocycles. The van der Waals surface area contributed by atoms with Gasteiger partial charge in [0.05, 0.1) is 6.04 Å². The molecule has 1 saturated heterocycles. The Bertz CT molecular complexity index is 2200. The molecule has 5 atom stereocenters.